The van der Waals surface area contributed by atoms with Crippen LogP contribution in [0.15, 0.2) is 17.3 Å². The Morgan fingerprint density at radius 3 is 2.90 bits per heavy atom. The Bertz CT molecular complexity index is 792. The maximum atomic E-state index is 12.6. The molecule has 3 rings (SSSR count). The van der Waals surface area contributed by atoms with E-state index in [0.29, 0.717) is 44.7 Å². The van der Waals surface area contributed by atoms with E-state index in [1.54, 1.807) is 17.9 Å². The van der Waals surface area contributed by atoms with E-state index in [1.165, 1.54) is 6.33 Å². The molecule has 0 aromatic carbocycles. The van der Waals surface area contributed by atoms with Crippen LogP contribution in [0.25, 0.3) is 0 Å². The van der Waals surface area contributed by atoms with Crippen LogP contribution in [-0.2, 0) is 16.1 Å². The van der Waals surface area contributed by atoms with Gasteiger partial charge >= 0.3 is 0 Å². The first-order valence-corrected chi connectivity index (χ1v) is 9.90. The number of ether oxygens (including phenoxy) is 1. The van der Waals surface area contributed by atoms with Gasteiger partial charge in [-0.3, -0.25) is 14.3 Å². The van der Waals surface area contributed by atoms with Crippen LogP contribution >= 0.6 is 0 Å². The molecule has 2 N–H and O–H groups in total. The molecule has 2 aromatic rings. The van der Waals surface area contributed by atoms with Crippen molar-refractivity contribution in [3.63, 3.8) is 0 Å². The van der Waals surface area contributed by atoms with E-state index in [2.05, 4.69) is 35.7 Å². The van der Waals surface area contributed by atoms with Crippen molar-refractivity contribution in [2.45, 2.75) is 58.2 Å². The second-order valence-electron chi connectivity index (χ2n) is 7.15. The zero-order valence-electron chi connectivity index (χ0n) is 16.7. The molecule has 0 radical (unpaired) electrons. The topological polar surface area (TPSA) is 137 Å². The fourth-order valence-electron chi connectivity index (χ4n) is 3.45. The Morgan fingerprint density at radius 2 is 2.21 bits per heavy atom. The predicted molar refractivity (Wildman–Crippen MR) is 101 cm³/mol. The molecular weight excluding hydrogens is 378 g/mol. The van der Waals surface area contributed by atoms with Gasteiger partial charge in [0.05, 0.1) is 18.7 Å². The molecule has 3 atom stereocenters. The Morgan fingerprint density at radius 1 is 1.34 bits per heavy atom. The van der Waals surface area contributed by atoms with E-state index in [0.717, 1.165) is 6.42 Å². The summed E-state index contributed by atoms with van der Waals surface area (Å²) in [6.07, 6.45) is 5.56. The zero-order chi connectivity index (χ0) is 20.6. The fourth-order valence-corrected chi connectivity index (χ4v) is 3.45. The molecule has 158 valence electrons. The van der Waals surface area contributed by atoms with E-state index in [1.807, 2.05) is 6.92 Å². The highest BCUT2D eigenvalue weighted by atomic mass is 16.6. The van der Waals surface area contributed by atoms with E-state index in [9.17, 15) is 9.59 Å². The fraction of sp³-hybridized carbons (Fsp3) is 0.667. The molecule has 11 nitrogen and oxygen atoms in total. The second kappa shape index (κ2) is 10.1. The maximum Gasteiger partial charge on any atom is 0.275 e. The molecule has 0 unspecified atom stereocenters. The number of nitrogens with one attached hydrogen (secondary N) is 2. The molecule has 2 amide bonds. The number of hydrogen-bond acceptors (Lipinski definition) is 8. The van der Waals surface area contributed by atoms with Gasteiger partial charge in [0.25, 0.3) is 5.91 Å². The first-order chi connectivity index (χ1) is 14.1. The van der Waals surface area contributed by atoms with E-state index in [4.69, 9.17) is 4.74 Å². The molecule has 2 heterocycles. The summed E-state index contributed by atoms with van der Waals surface area (Å²) < 4.78 is 12.2. The first kappa shape index (κ1) is 20.9. The quantitative estimate of drug-likeness (QED) is 0.614. The zero-order valence-corrected chi connectivity index (χ0v) is 16.7. The van der Waals surface area contributed by atoms with Gasteiger partial charge in [0.1, 0.15) is 18.3 Å². The van der Waals surface area contributed by atoms with Crippen LogP contribution in [-0.4, -0.2) is 62.2 Å². The number of carbonyl (C=O) groups is 2. The molecule has 1 aliphatic carbocycles. The molecule has 2 aromatic heterocycles. The highest BCUT2D eigenvalue weighted by Crippen LogP contribution is 2.27. The van der Waals surface area contributed by atoms with Gasteiger partial charge in [0, 0.05) is 19.1 Å². The lowest BCUT2D eigenvalue weighted by atomic mass is 9.83. The summed E-state index contributed by atoms with van der Waals surface area (Å²) in [7, 11) is 0. The number of carbonyl (C=O) groups excluding carboxylic acids is 2. The Hall–Kier alpha value is -2.82. The Labute approximate surface area is 168 Å². The van der Waals surface area contributed by atoms with Crippen molar-refractivity contribution in [2.24, 2.45) is 5.92 Å². The van der Waals surface area contributed by atoms with Gasteiger partial charge in [-0.05, 0) is 37.8 Å². The summed E-state index contributed by atoms with van der Waals surface area (Å²) in [5, 5.41) is 17.2. The predicted octanol–water partition coefficient (Wildman–Crippen LogP) is 0.480. The lowest BCUT2D eigenvalue weighted by Gasteiger charge is -2.35. The summed E-state index contributed by atoms with van der Waals surface area (Å²) in [6.45, 7) is 5.31. The maximum absolute atomic E-state index is 12.6. The normalized spacial score (nSPS) is 21.7. The third-order valence-electron chi connectivity index (χ3n) is 4.99. The van der Waals surface area contributed by atoms with Crippen molar-refractivity contribution in [1.29, 1.82) is 0 Å². The molecule has 1 saturated carbocycles. The number of amides is 2. The summed E-state index contributed by atoms with van der Waals surface area (Å²) in [5.41, 5.74) is 0.612. The molecule has 0 saturated heterocycles. The van der Waals surface area contributed by atoms with Crippen LogP contribution in [0.4, 0.5) is 0 Å². The molecule has 1 fully saturated rings. The van der Waals surface area contributed by atoms with E-state index >= 15 is 0 Å². The molecule has 29 heavy (non-hydrogen) atoms. The molecule has 11 heteroatoms. The van der Waals surface area contributed by atoms with Crippen LogP contribution in [0.1, 0.15) is 48.8 Å². The standard InChI is InChI=1S/C18H27N7O4/c1-3-8-28-15-9-13(17(26)20-6-7-25-11-19-10-21-25)4-5-14(15)22-18(27)16-12(2)23-29-24-16/h10-11,13-15H,3-9H2,1-2H3,(H,20,26)(H,22,27)/t13-,14-,15-/m0/s1. The average molecular weight is 405 g/mol. The largest absolute Gasteiger partial charge is 0.376 e. The van der Waals surface area contributed by atoms with Gasteiger partial charge in [-0.2, -0.15) is 5.10 Å². The highest BCUT2D eigenvalue weighted by Gasteiger charge is 2.36. The molecule has 0 spiro atoms. The lowest BCUT2D eigenvalue weighted by molar-refractivity contribution is -0.128. The summed E-state index contributed by atoms with van der Waals surface area (Å²) in [5.74, 6) is -0.498. The minimum Gasteiger partial charge on any atom is -0.376 e. The number of nitrogens with zero attached hydrogens (tertiary/aromatic N) is 5. The van der Waals surface area contributed by atoms with E-state index in [-0.39, 0.29) is 35.6 Å². The third-order valence-corrected chi connectivity index (χ3v) is 4.99. The lowest BCUT2D eigenvalue weighted by Crippen LogP contribution is -2.50. The van der Waals surface area contributed by atoms with Crippen molar-refractivity contribution in [2.75, 3.05) is 13.2 Å². The Balaban J connectivity index is 1.53. The van der Waals surface area contributed by atoms with E-state index < -0.39 is 0 Å². The van der Waals surface area contributed by atoms with Crippen LogP contribution in [0, 0.1) is 12.8 Å². The first-order valence-electron chi connectivity index (χ1n) is 9.90. The van der Waals surface area contributed by atoms with Crippen LogP contribution < -0.4 is 10.6 Å². The number of aryl methyl sites for hydroxylation is 1. The van der Waals surface area contributed by atoms with Crippen LogP contribution in [0.2, 0.25) is 0 Å². The van der Waals surface area contributed by atoms with Crippen molar-refractivity contribution < 1.29 is 19.0 Å². The molecule has 0 aliphatic heterocycles. The number of hydrogen-bond donors (Lipinski definition) is 2. The summed E-state index contributed by atoms with van der Waals surface area (Å²) in [6, 6.07) is -0.190. The summed E-state index contributed by atoms with van der Waals surface area (Å²) >= 11 is 0. The number of rotatable bonds is 9. The smallest absolute Gasteiger partial charge is 0.275 e. The molecular formula is C18H27N7O4. The third kappa shape index (κ3) is 5.59. The van der Waals surface area contributed by atoms with Crippen LogP contribution in [0.3, 0.4) is 0 Å². The number of aromatic nitrogens is 5. The minimum atomic E-state index is -0.338. The Kier molecular flexibility index (Phi) is 7.28. The van der Waals surface area contributed by atoms with Gasteiger partial charge in [-0.15, -0.1) is 0 Å². The van der Waals surface area contributed by atoms with Crippen molar-refractivity contribution in [1.82, 2.24) is 35.7 Å². The second-order valence-corrected chi connectivity index (χ2v) is 7.15. The van der Waals surface area contributed by atoms with Gasteiger partial charge in [0.15, 0.2) is 5.69 Å². The van der Waals surface area contributed by atoms with Crippen LogP contribution in [0.5, 0.6) is 0 Å². The molecule has 0 bridgehead atoms. The van der Waals surface area contributed by atoms with Gasteiger partial charge < -0.3 is 15.4 Å². The van der Waals surface area contributed by atoms with Gasteiger partial charge in [0.2, 0.25) is 5.91 Å². The monoisotopic (exact) mass is 405 g/mol. The SMILES string of the molecule is CCCO[C@H]1C[C@@H](C(=O)NCCn2cncn2)CC[C@@H]1NC(=O)c1nonc1C. The average Bonchev–Trinajstić information content (AvgIpc) is 3.38. The van der Waals surface area contributed by atoms with Crippen molar-refractivity contribution >= 4 is 11.8 Å². The van der Waals surface area contributed by atoms with Gasteiger partial charge in [-0.1, -0.05) is 12.1 Å². The van der Waals surface area contributed by atoms with Gasteiger partial charge in [-0.25, -0.2) is 9.61 Å². The highest BCUT2D eigenvalue weighted by molar-refractivity contribution is 5.93. The minimum absolute atomic E-state index is 0.00321. The van der Waals surface area contributed by atoms with Crippen molar-refractivity contribution in [3.05, 3.63) is 24.0 Å². The summed E-state index contributed by atoms with van der Waals surface area (Å²) in [4.78, 5) is 28.9. The molecule has 1 aliphatic rings. The van der Waals surface area contributed by atoms with Crippen molar-refractivity contribution in [3.8, 4) is 0 Å².